The highest BCUT2D eigenvalue weighted by Crippen LogP contribution is 2.35. The number of aromatic nitrogens is 2. The van der Waals surface area contributed by atoms with Gasteiger partial charge in [-0.05, 0) is 36.8 Å². The summed E-state index contributed by atoms with van der Waals surface area (Å²) in [4.78, 5) is 25.2. The lowest BCUT2D eigenvalue weighted by Gasteiger charge is -2.21. The third kappa shape index (κ3) is 4.37. The fourth-order valence-corrected chi connectivity index (χ4v) is 4.77. The van der Waals surface area contributed by atoms with E-state index in [1.54, 1.807) is 12.0 Å². The fraction of sp³-hybridized carbons (Fsp3) is 0.400. The van der Waals surface area contributed by atoms with E-state index in [4.69, 9.17) is 23.7 Å². The minimum atomic E-state index is -0.347. The Hall–Kier alpha value is -3.79. The Morgan fingerprint density at radius 2 is 1.94 bits per heavy atom. The number of anilines is 1. The summed E-state index contributed by atoms with van der Waals surface area (Å²) in [6, 6.07) is 11.2. The van der Waals surface area contributed by atoms with Gasteiger partial charge in [-0.2, -0.15) is 0 Å². The molecule has 3 aliphatic heterocycles. The van der Waals surface area contributed by atoms with E-state index >= 15 is 0 Å². The van der Waals surface area contributed by atoms with E-state index < -0.39 is 0 Å². The zero-order chi connectivity index (χ0) is 23.8. The van der Waals surface area contributed by atoms with Gasteiger partial charge < -0.3 is 23.7 Å². The molecular formula is C25H26N4O6. The van der Waals surface area contributed by atoms with Crippen LogP contribution in [0.3, 0.4) is 0 Å². The van der Waals surface area contributed by atoms with Gasteiger partial charge in [0.2, 0.25) is 5.88 Å². The smallest absolute Gasteiger partial charge is 0.414 e. The zero-order valence-electron chi connectivity index (χ0n) is 19.4. The number of cyclic esters (lactones) is 1. The maximum absolute atomic E-state index is 12.6. The zero-order valence-corrected chi connectivity index (χ0v) is 19.4. The van der Waals surface area contributed by atoms with Crippen LogP contribution in [0.5, 0.6) is 23.1 Å². The van der Waals surface area contributed by atoms with E-state index in [0.717, 1.165) is 41.9 Å². The van der Waals surface area contributed by atoms with Crippen LogP contribution in [0.25, 0.3) is 10.9 Å². The van der Waals surface area contributed by atoms with Crippen molar-refractivity contribution in [2.24, 2.45) is 0 Å². The van der Waals surface area contributed by atoms with Crippen molar-refractivity contribution in [2.45, 2.75) is 18.6 Å². The number of methoxy groups -OCH3 is 1. The largest absolute Gasteiger partial charge is 0.497 e. The highest BCUT2D eigenvalue weighted by molar-refractivity contribution is 5.90. The Bertz CT molecular complexity index is 1250. The Morgan fingerprint density at radius 3 is 2.83 bits per heavy atom. The summed E-state index contributed by atoms with van der Waals surface area (Å²) >= 11 is 0. The maximum atomic E-state index is 12.6. The first-order chi connectivity index (χ1) is 17.2. The predicted octanol–water partition coefficient (Wildman–Crippen LogP) is 2.89. The first kappa shape index (κ1) is 21.7. The van der Waals surface area contributed by atoms with Gasteiger partial charge in [-0.25, -0.2) is 14.8 Å². The molecule has 2 aromatic carbocycles. The first-order valence-electron chi connectivity index (χ1n) is 11.7. The standard InChI is InChI=1S/C25H26N4O6/c1-31-17-3-4-21-20(11-17)24(27-15-26-21)34-18-6-7-28(12-18)13-19-14-29(25(30)35-19)16-2-5-22-23(10-16)33-9-8-32-22/h2-5,10-11,15,18-19H,6-9,12-14H2,1H3. The molecular weight excluding hydrogens is 452 g/mol. The third-order valence-electron chi connectivity index (χ3n) is 6.49. The molecule has 0 N–H and O–H groups in total. The highest BCUT2D eigenvalue weighted by atomic mass is 16.6. The molecule has 0 spiro atoms. The maximum Gasteiger partial charge on any atom is 0.414 e. The molecule has 10 nitrogen and oxygen atoms in total. The quantitative estimate of drug-likeness (QED) is 0.530. The number of rotatable bonds is 6. The van der Waals surface area contributed by atoms with E-state index in [9.17, 15) is 4.79 Å². The third-order valence-corrected chi connectivity index (χ3v) is 6.49. The lowest BCUT2D eigenvalue weighted by atomic mass is 10.2. The van der Waals surface area contributed by atoms with Crippen LogP contribution in [0.15, 0.2) is 42.7 Å². The van der Waals surface area contributed by atoms with Crippen LogP contribution in [0.4, 0.5) is 10.5 Å². The second-order valence-corrected chi connectivity index (χ2v) is 8.79. The number of carbonyl (C=O) groups excluding carboxylic acids is 1. The minimum Gasteiger partial charge on any atom is -0.497 e. The van der Waals surface area contributed by atoms with Crippen LogP contribution in [-0.4, -0.2) is 79.7 Å². The van der Waals surface area contributed by atoms with Crippen molar-refractivity contribution in [3.8, 4) is 23.1 Å². The average Bonchev–Trinajstić information content (AvgIpc) is 3.49. The number of ether oxygens (including phenoxy) is 5. The molecule has 6 rings (SSSR count). The number of carbonyl (C=O) groups is 1. The van der Waals surface area contributed by atoms with Gasteiger partial charge in [-0.1, -0.05) is 0 Å². The number of hydrogen-bond acceptors (Lipinski definition) is 9. The van der Waals surface area contributed by atoms with E-state index in [2.05, 4.69) is 14.9 Å². The topological polar surface area (TPSA) is 95.5 Å². The van der Waals surface area contributed by atoms with Crippen molar-refractivity contribution < 1.29 is 28.5 Å². The monoisotopic (exact) mass is 478 g/mol. The number of amides is 1. The number of hydrogen-bond donors (Lipinski definition) is 0. The van der Waals surface area contributed by atoms with Crippen LogP contribution in [0.1, 0.15) is 6.42 Å². The summed E-state index contributed by atoms with van der Waals surface area (Å²) in [5, 5.41) is 0.824. The SMILES string of the molecule is COc1ccc2ncnc(OC3CCN(CC4CN(c5ccc6c(c5)OCCO6)C(=O)O4)C3)c2c1. The van der Waals surface area contributed by atoms with Gasteiger partial charge in [0.15, 0.2) is 11.5 Å². The van der Waals surface area contributed by atoms with Gasteiger partial charge in [-0.15, -0.1) is 0 Å². The molecule has 2 fully saturated rings. The summed E-state index contributed by atoms with van der Waals surface area (Å²) in [6.07, 6.45) is 1.80. The molecule has 3 aromatic rings. The molecule has 10 heteroatoms. The number of nitrogens with zero attached hydrogens (tertiary/aromatic N) is 4. The molecule has 2 atom stereocenters. The minimum absolute atomic E-state index is 0.00898. The summed E-state index contributed by atoms with van der Waals surface area (Å²) in [5.74, 6) is 2.63. The van der Waals surface area contributed by atoms with Crippen molar-refractivity contribution in [3.63, 3.8) is 0 Å². The predicted molar refractivity (Wildman–Crippen MR) is 127 cm³/mol. The van der Waals surface area contributed by atoms with Gasteiger partial charge in [0.25, 0.3) is 0 Å². The first-order valence-corrected chi connectivity index (χ1v) is 11.7. The molecule has 0 aliphatic carbocycles. The van der Waals surface area contributed by atoms with Crippen LogP contribution >= 0.6 is 0 Å². The summed E-state index contributed by atoms with van der Waals surface area (Å²) < 4.78 is 28.5. The Kier molecular flexibility index (Phi) is 5.65. The van der Waals surface area contributed by atoms with Gasteiger partial charge in [0.1, 0.15) is 37.5 Å². The lowest BCUT2D eigenvalue weighted by Crippen LogP contribution is -2.34. The van der Waals surface area contributed by atoms with E-state index in [-0.39, 0.29) is 18.3 Å². The van der Waals surface area contributed by atoms with Crippen LogP contribution in [0.2, 0.25) is 0 Å². The van der Waals surface area contributed by atoms with Gasteiger partial charge in [-0.3, -0.25) is 9.80 Å². The summed E-state index contributed by atoms with van der Waals surface area (Å²) in [5.41, 5.74) is 1.55. The van der Waals surface area contributed by atoms with Crippen molar-refractivity contribution in [3.05, 3.63) is 42.7 Å². The lowest BCUT2D eigenvalue weighted by molar-refractivity contribution is 0.111. The van der Waals surface area contributed by atoms with Crippen LogP contribution < -0.4 is 23.8 Å². The number of fused-ring (bicyclic) bond motifs is 2. The molecule has 0 bridgehead atoms. The second kappa shape index (κ2) is 9.10. The highest BCUT2D eigenvalue weighted by Gasteiger charge is 2.36. The van der Waals surface area contributed by atoms with Crippen molar-refractivity contribution in [1.82, 2.24) is 14.9 Å². The summed E-state index contributed by atoms with van der Waals surface area (Å²) in [7, 11) is 1.63. The molecule has 0 radical (unpaired) electrons. The molecule has 2 unspecified atom stereocenters. The summed E-state index contributed by atoms with van der Waals surface area (Å²) in [6.45, 7) is 3.74. The van der Waals surface area contributed by atoms with E-state index in [1.165, 1.54) is 6.33 Å². The number of likely N-dealkylation sites (tertiary alicyclic amines) is 1. The molecule has 1 aromatic heterocycles. The average molecular weight is 479 g/mol. The molecule has 2 saturated heterocycles. The number of benzene rings is 2. The van der Waals surface area contributed by atoms with Gasteiger partial charge >= 0.3 is 6.09 Å². The fourth-order valence-electron chi connectivity index (χ4n) is 4.77. The van der Waals surface area contributed by atoms with Crippen molar-refractivity contribution in [1.29, 1.82) is 0 Å². The van der Waals surface area contributed by atoms with Crippen molar-refractivity contribution >= 4 is 22.7 Å². The van der Waals surface area contributed by atoms with Crippen LogP contribution in [-0.2, 0) is 4.74 Å². The normalized spacial score (nSPS) is 21.9. The van der Waals surface area contributed by atoms with Gasteiger partial charge in [0, 0.05) is 25.7 Å². The van der Waals surface area contributed by atoms with E-state index in [1.807, 2.05) is 36.4 Å². The molecule has 35 heavy (non-hydrogen) atoms. The van der Waals surface area contributed by atoms with Crippen LogP contribution in [0, 0.1) is 0 Å². The van der Waals surface area contributed by atoms with E-state index in [0.29, 0.717) is 43.7 Å². The molecule has 3 aliphatic rings. The van der Waals surface area contributed by atoms with Crippen molar-refractivity contribution in [2.75, 3.05) is 51.4 Å². The molecule has 1 amide bonds. The Balaban J connectivity index is 1.08. The van der Waals surface area contributed by atoms with Gasteiger partial charge in [0.05, 0.1) is 30.2 Å². The molecule has 0 saturated carbocycles. The second-order valence-electron chi connectivity index (χ2n) is 8.79. The molecule has 182 valence electrons. The Labute approximate surface area is 202 Å². The molecule has 4 heterocycles. The Morgan fingerprint density at radius 1 is 1.06 bits per heavy atom.